The van der Waals surface area contributed by atoms with Crippen molar-refractivity contribution in [3.05, 3.63) is 58.0 Å². The third-order valence-electron chi connectivity index (χ3n) is 5.81. The Kier molecular flexibility index (Phi) is 8.78. The number of hydrogen-bond donors (Lipinski definition) is 1. The van der Waals surface area contributed by atoms with Crippen LogP contribution in [0.15, 0.2) is 30.5 Å². The summed E-state index contributed by atoms with van der Waals surface area (Å²) in [5.74, 6) is -2.47. The van der Waals surface area contributed by atoms with Crippen molar-refractivity contribution in [3.8, 4) is 0 Å². The molecule has 0 saturated carbocycles. The number of aromatic nitrogens is 1. The molecule has 1 fully saturated rings. The Balaban J connectivity index is 1.77. The zero-order chi connectivity index (χ0) is 27.5. The van der Waals surface area contributed by atoms with Crippen molar-refractivity contribution in [2.75, 3.05) is 24.5 Å². The number of urea groups is 1. The van der Waals surface area contributed by atoms with E-state index >= 15 is 0 Å². The maximum Gasteiger partial charge on any atom is 0.420 e. The molecule has 12 heteroatoms. The van der Waals surface area contributed by atoms with Crippen LogP contribution in [-0.4, -0.2) is 47.4 Å². The standard InChI is InChI=1S/C25H27ClF4N4O3/c1-14(2)9-15(3)12-32-22(35)16-5-6-20(31-13-16)33-7-4-8-34(24(33)37)23(36)18-10-17(26)11-19(27)21(18)25(28,29)30/h5-6,10-11,13-15H,4,7-9,12H2,1-3H3,(H,32,35). The number of rotatable bonds is 7. The molecule has 4 amide bonds. The highest BCUT2D eigenvalue weighted by molar-refractivity contribution is 6.31. The van der Waals surface area contributed by atoms with Gasteiger partial charge in [-0.05, 0) is 48.9 Å². The van der Waals surface area contributed by atoms with E-state index in [2.05, 4.69) is 24.1 Å². The van der Waals surface area contributed by atoms with Gasteiger partial charge in [0.2, 0.25) is 0 Å². The van der Waals surface area contributed by atoms with Gasteiger partial charge in [0.25, 0.3) is 11.8 Å². The Labute approximate surface area is 216 Å². The molecule has 2 heterocycles. The van der Waals surface area contributed by atoms with Gasteiger partial charge in [0, 0.05) is 30.9 Å². The first-order chi connectivity index (χ1) is 17.3. The monoisotopic (exact) mass is 542 g/mol. The lowest BCUT2D eigenvalue weighted by molar-refractivity contribution is -0.140. The summed E-state index contributed by atoms with van der Waals surface area (Å²) in [4.78, 5) is 44.3. The number of hydrogen-bond acceptors (Lipinski definition) is 4. The number of nitrogens with one attached hydrogen (secondary N) is 1. The summed E-state index contributed by atoms with van der Waals surface area (Å²) in [5.41, 5.74) is -2.58. The molecule has 200 valence electrons. The molecule has 0 radical (unpaired) electrons. The summed E-state index contributed by atoms with van der Waals surface area (Å²) in [6, 6.07) is 3.11. The summed E-state index contributed by atoms with van der Waals surface area (Å²) in [7, 11) is 0. The second-order valence-corrected chi connectivity index (χ2v) is 9.84. The molecule has 0 bridgehead atoms. The van der Waals surface area contributed by atoms with Crippen LogP contribution in [0.2, 0.25) is 5.02 Å². The molecule has 1 saturated heterocycles. The molecule has 2 aromatic rings. The van der Waals surface area contributed by atoms with Crippen molar-refractivity contribution in [2.24, 2.45) is 11.8 Å². The lowest BCUT2D eigenvalue weighted by Gasteiger charge is -2.34. The average Bonchev–Trinajstić information content (AvgIpc) is 2.80. The van der Waals surface area contributed by atoms with Gasteiger partial charge in [0.1, 0.15) is 17.2 Å². The van der Waals surface area contributed by atoms with Crippen LogP contribution in [-0.2, 0) is 6.18 Å². The summed E-state index contributed by atoms with van der Waals surface area (Å²) in [6.07, 6.45) is -2.71. The Morgan fingerprint density at radius 3 is 2.46 bits per heavy atom. The Morgan fingerprint density at radius 1 is 1.16 bits per heavy atom. The molecule has 37 heavy (non-hydrogen) atoms. The molecule has 7 nitrogen and oxygen atoms in total. The average molecular weight is 543 g/mol. The highest BCUT2D eigenvalue weighted by Crippen LogP contribution is 2.36. The first kappa shape index (κ1) is 28.4. The molecular weight excluding hydrogens is 516 g/mol. The lowest BCUT2D eigenvalue weighted by Crippen LogP contribution is -2.52. The van der Waals surface area contributed by atoms with Crippen molar-refractivity contribution in [1.29, 1.82) is 0 Å². The van der Waals surface area contributed by atoms with Crippen LogP contribution >= 0.6 is 11.6 Å². The predicted molar refractivity (Wildman–Crippen MR) is 130 cm³/mol. The van der Waals surface area contributed by atoms with Crippen LogP contribution in [0, 0.1) is 17.7 Å². The lowest BCUT2D eigenvalue weighted by atomic mass is 9.99. The molecule has 1 unspecified atom stereocenters. The smallest absolute Gasteiger partial charge is 0.352 e. The van der Waals surface area contributed by atoms with Crippen LogP contribution in [0.4, 0.5) is 28.2 Å². The first-order valence-electron chi connectivity index (χ1n) is 11.7. The van der Waals surface area contributed by atoms with Gasteiger partial charge in [-0.2, -0.15) is 13.2 Å². The van der Waals surface area contributed by atoms with Gasteiger partial charge >= 0.3 is 12.2 Å². The van der Waals surface area contributed by atoms with Crippen molar-refractivity contribution >= 4 is 35.3 Å². The predicted octanol–water partition coefficient (Wildman–Crippen LogP) is 5.78. The second kappa shape index (κ2) is 11.5. The van der Waals surface area contributed by atoms with Gasteiger partial charge in [0.05, 0.1) is 11.1 Å². The summed E-state index contributed by atoms with van der Waals surface area (Å²) < 4.78 is 54.5. The minimum Gasteiger partial charge on any atom is -0.352 e. The Bertz CT molecular complexity index is 1170. The van der Waals surface area contributed by atoms with Gasteiger partial charge in [-0.3, -0.25) is 19.4 Å². The number of nitrogens with zero attached hydrogens (tertiary/aromatic N) is 3. The molecule has 1 aliphatic heterocycles. The van der Waals surface area contributed by atoms with E-state index in [0.717, 1.165) is 11.3 Å². The summed E-state index contributed by atoms with van der Waals surface area (Å²) in [5, 5.41) is 2.42. The highest BCUT2D eigenvalue weighted by Gasteiger charge is 2.42. The third kappa shape index (κ3) is 6.76. The minimum absolute atomic E-state index is 0.112. The number of alkyl halides is 3. The van der Waals surface area contributed by atoms with E-state index in [1.165, 1.54) is 18.3 Å². The SMILES string of the molecule is CC(C)CC(C)CNC(=O)c1ccc(N2CCCN(C(=O)c3cc(Cl)cc(F)c3C(F)(F)F)C2=O)nc1. The molecule has 3 rings (SSSR count). The van der Waals surface area contributed by atoms with Gasteiger partial charge in [0.15, 0.2) is 0 Å². The van der Waals surface area contributed by atoms with Gasteiger partial charge in [-0.15, -0.1) is 0 Å². The van der Waals surface area contributed by atoms with Gasteiger partial charge in [-0.1, -0.05) is 32.4 Å². The molecular formula is C25H27ClF4N4O3. The normalized spacial score (nSPS) is 15.2. The Morgan fingerprint density at radius 2 is 1.86 bits per heavy atom. The van der Waals surface area contributed by atoms with Crippen LogP contribution in [0.25, 0.3) is 0 Å². The number of amides is 4. The van der Waals surface area contributed by atoms with E-state index in [1.54, 1.807) is 0 Å². The van der Waals surface area contributed by atoms with Crippen LogP contribution in [0.5, 0.6) is 0 Å². The zero-order valence-corrected chi connectivity index (χ0v) is 21.3. The summed E-state index contributed by atoms with van der Waals surface area (Å²) in [6.45, 7) is 6.69. The number of halogens is 5. The highest BCUT2D eigenvalue weighted by atomic mass is 35.5. The van der Waals surface area contributed by atoms with Crippen LogP contribution in [0.1, 0.15) is 59.9 Å². The van der Waals surface area contributed by atoms with E-state index in [1.807, 2.05) is 6.92 Å². The molecule has 1 aromatic heterocycles. The first-order valence-corrected chi connectivity index (χ1v) is 12.1. The minimum atomic E-state index is -5.18. The third-order valence-corrected chi connectivity index (χ3v) is 6.03. The fourth-order valence-corrected chi connectivity index (χ4v) is 4.44. The summed E-state index contributed by atoms with van der Waals surface area (Å²) >= 11 is 5.70. The fourth-order valence-electron chi connectivity index (χ4n) is 4.24. The van der Waals surface area contributed by atoms with Crippen molar-refractivity contribution in [3.63, 3.8) is 0 Å². The number of anilines is 1. The van der Waals surface area contributed by atoms with Crippen LogP contribution < -0.4 is 10.2 Å². The molecule has 0 spiro atoms. The van der Waals surface area contributed by atoms with Crippen molar-refractivity contribution < 1.29 is 31.9 Å². The van der Waals surface area contributed by atoms with Crippen molar-refractivity contribution in [1.82, 2.24) is 15.2 Å². The molecule has 0 aliphatic carbocycles. The molecule has 1 N–H and O–H groups in total. The fraction of sp³-hybridized carbons (Fsp3) is 0.440. The maximum absolute atomic E-state index is 14.1. The van der Waals surface area contributed by atoms with E-state index in [4.69, 9.17) is 11.6 Å². The number of benzene rings is 1. The van der Waals surface area contributed by atoms with Gasteiger partial charge < -0.3 is 5.32 Å². The number of imide groups is 1. The zero-order valence-electron chi connectivity index (χ0n) is 20.5. The molecule has 1 aromatic carbocycles. The molecule has 1 aliphatic rings. The number of pyridine rings is 1. The van der Waals surface area contributed by atoms with Gasteiger partial charge in [-0.25, -0.2) is 14.2 Å². The molecule has 1 atom stereocenters. The van der Waals surface area contributed by atoms with E-state index in [0.29, 0.717) is 29.5 Å². The topological polar surface area (TPSA) is 82.6 Å². The van der Waals surface area contributed by atoms with Crippen LogP contribution in [0.3, 0.4) is 0 Å². The van der Waals surface area contributed by atoms with E-state index in [-0.39, 0.29) is 42.7 Å². The van der Waals surface area contributed by atoms with E-state index < -0.39 is 40.1 Å². The number of carbonyl (C=O) groups excluding carboxylic acids is 3. The maximum atomic E-state index is 14.1. The quantitative estimate of drug-likeness (QED) is 0.450. The van der Waals surface area contributed by atoms with E-state index in [9.17, 15) is 31.9 Å². The van der Waals surface area contributed by atoms with Crippen molar-refractivity contribution in [2.45, 2.75) is 39.8 Å². The number of carbonyl (C=O) groups is 3. The second-order valence-electron chi connectivity index (χ2n) is 9.40. The Hall–Kier alpha value is -3.21. The largest absolute Gasteiger partial charge is 0.420 e.